The first-order valence-corrected chi connectivity index (χ1v) is 8.98. The average molecular weight is 430 g/mol. The molecule has 3 rings (SSSR count). The number of imidazole rings is 1. The highest BCUT2D eigenvalue weighted by atomic mass is 35.5. The van der Waals surface area contributed by atoms with Crippen molar-refractivity contribution in [3.8, 4) is 11.4 Å². The van der Waals surface area contributed by atoms with Crippen LogP contribution in [0.3, 0.4) is 0 Å². The van der Waals surface area contributed by atoms with E-state index in [1.807, 2.05) is 0 Å². The summed E-state index contributed by atoms with van der Waals surface area (Å²) in [6.45, 7) is 1.82. The Labute approximate surface area is 169 Å². The first-order chi connectivity index (χ1) is 12.3. The predicted molar refractivity (Wildman–Crippen MR) is 105 cm³/mol. The fourth-order valence-corrected chi connectivity index (χ4v) is 3.63. The van der Waals surface area contributed by atoms with E-state index < -0.39 is 5.97 Å². The zero-order chi connectivity index (χ0) is 19.0. The third kappa shape index (κ3) is 3.84. The van der Waals surface area contributed by atoms with Crippen LogP contribution in [0, 0.1) is 6.92 Å². The molecule has 1 N–H and O–H groups in total. The van der Waals surface area contributed by atoms with Gasteiger partial charge >= 0.3 is 5.97 Å². The summed E-state index contributed by atoms with van der Waals surface area (Å²) in [6, 6.07) is 9.98. The molecule has 1 heterocycles. The molecule has 4 nitrogen and oxygen atoms in total. The molecular weight excluding hydrogens is 418 g/mol. The maximum Gasteiger partial charge on any atom is 0.354 e. The van der Waals surface area contributed by atoms with E-state index >= 15 is 0 Å². The molecule has 0 saturated carbocycles. The third-order valence-corrected chi connectivity index (χ3v) is 4.84. The van der Waals surface area contributed by atoms with Crippen LogP contribution in [-0.4, -0.2) is 20.6 Å². The Hall–Kier alpha value is -1.72. The van der Waals surface area contributed by atoms with Crippen LogP contribution in [0.2, 0.25) is 20.1 Å². The fraction of sp³-hybridized carbons (Fsp3) is 0.111. The van der Waals surface area contributed by atoms with Gasteiger partial charge in [0.15, 0.2) is 5.69 Å². The van der Waals surface area contributed by atoms with E-state index in [0.717, 1.165) is 0 Å². The number of aromatic nitrogens is 2. The summed E-state index contributed by atoms with van der Waals surface area (Å²) in [6.07, 6.45) is 0. The van der Waals surface area contributed by atoms with Gasteiger partial charge in [-0.2, -0.15) is 0 Å². The van der Waals surface area contributed by atoms with Gasteiger partial charge in [-0.25, -0.2) is 9.78 Å². The zero-order valence-electron chi connectivity index (χ0n) is 13.4. The molecule has 0 atom stereocenters. The number of aromatic carboxylic acids is 1. The summed E-state index contributed by atoms with van der Waals surface area (Å²) in [4.78, 5) is 16.2. The Balaban J connectivity index is 2.21. The monoisotopic (exact) mass is 428 g/mol. The maximum absolute atomic E-state index is 11.8. The van der Waals surface area contributed by atoms with E-state index in [0.29, 0.717) is 42.7 Å². The van der Waals surface area contributed by atoms with E-state index in [-0.39, 0.29) is 12.2 Å². The van der Waals surface area contributed by atoms with Crippen molar-refractivity contribution in [2.24, 2.45) is 0 Å². The van der Waals surface area contributed by atoms with Gasteiger partial charge in [0.1, 0.15) is 5.82 Å². The average Bonchev–Trinajstić information content (AvgIpc) is 2.86. The van der Waals surface area contributed by atoms with Gasteiger partial charge in [0.25, 0.3) is 0 Å². The molecule has 0 aliphatic carbocycles. The van der Waals surface area contributed by atoms with Crippen molar-refractivity contribution in [1.82, 2.24) is 9.55 Å². The van der Waals surface area contributed by atoms with E-state index in [1.54, 1.807) is 47.9 Å². The summed E-state index contributed by atoms with van der Waals surface area (Å²) in [5, 5.41) is 11.5. The molecule has 0 unspecified atom stereocenters. The van der Waals surface area contributed by atoms with Gasteiger partial charge in [-0.05, 0) is 48.9 Å². The fourth-order valence-electron chi connectivity index (χ4n) is 2.74. The van der Waals surface area contributed by atoms with Crippen LogP contribution < -0.4 is 0 Å². The minimum atomic E-state index is -1.09. The highest BCUT2D eigenvalue weighted by Gasteiger charge is 2.22. The highest BCUT2D eigenvalue weighted by molar-refractivity contribution is 6.35. The Morgan fingerprint density at radius 1 is 1.04 bits per heavy atom. The zero-order valence-corrected chi connectivity index (χ0v) is 16.5. The molecule has 26 heavy (non-hydrogen) atoms. The number of benzene rings is 2. The van der Waals surface area contributed by atoms with Crippen LogP contribution in [0.15, 0.2) is 36.4 Å². The van der Waals surface area contributed by atoms with E-state index in [2.05, 4.69) is 4.98 Å². The normalized spacial score (nSPS) is 11.0. The molecule has 134 valence electrons. The predicted octanol–water partition coefficient (Wildman–Crippen LogP) is 6.22. The molecular formula is C18H12Cl4N2O2. The Bertz CT molecular complexity index is 994. The number of carbonyl (C=O) groups is 1. The number of nitrogens with zero attached hydrogens (tertiary/aromatic N) is 2. The van der Waals surface area contributed by atoms with E-state index in [1.165, 1.54) is 0 Å². The van der Waals surface area contributed by atoms with Crippen molar-refractivity contribution in [2.45, 2.75) is 13.5 Å². The third-order valence-electron chi connectivity index (χ3n) is 3.80. The van der Waals surface area contributed by atoms with Crippen LogP contribution in [0.5, 0.6) is 0 Å². The molecule has 0 aliphatic heterocycles. The van der Waals surface area contributed by atoms with Crippen LogP contribution >= 0.6 is 46.4 Å². The lowest BCUT2D eigenvalue weighted by Crippen LogP contribution is -2.12. The second kappa shape index (κ2) is 7.49. The molecule has 1 aromatic heterocycles. The SMILES string of the molecule is Cc1nc(-c2cc(Cl)cc(Cl)c2)n(Cc2cc(Cl)ccc2Cl)c1C(=O)O. The van der Waals surface area contributed by atoms with Crippen LogP contribution in [0.1, 0.15) is 21.7 Å². The molecule has 0 spiro atoms. The van der Waals surface area contributed by atoms with Gasteiger partial charge in [-0.1, -0.05) is 46.4 Å². The van der Waals surface area contributed by atoms with Crippen molar-refractivity contribution >= 4 is 52.4 Å². The van der Waals surface area contributed by atoms with E-state index in [9.17, 15) is 9.90 Å². The molecule has 0 fully saturated rings. The summed E-state index contributed by atoms with van der Waals surface area (Å²) in [5.74, 6) is -0.659. The molecule has 0 amide bonds. The first kappa shape index (κ1) is 19.1. The lowest BCUT2D eigenvalue weighted by atomic mass is 10.2. The van der Waals surface area contributed by atoms with Gasteiger partial charge in [-0.3, -0.25) is 0 Å². The number of halogens is 4. The van der Waals surface area contributed by atoms with E-state index in [4.69, 9.17) is 46.4 Å². The van der Waals surface area contributed by atoms with Crippen molar-refractivity contribution in [3.63, 3.8) is 0 Å². The summed E-state index contributed by atoms with van der Waals surface area (Å²) in [7, 11) is 0. The quantitative estimate of drug-likeness (QED) is 0.535. The first-order valence-electron chi connectivity index (χ1n) is 7.47. The minimum Gasteiger partial charge on any atom is -0.477 e. The van der Waals surface area contributed by atoms with Crippen molar-refractivity contribution in [2.75, 3.05) is 0 Å². The van der Waals surface area contributed by atoms with Crippen molar-refractivity contribution in [3.05, 3.63) is 73.4 Å². The number of hydrogen-bond acceptors (Lipinski definition) is 2. The second-order valence-corrected chi connectivity index (χ2v) is 7.37. The molecule has 0 bridgehead atoms. The minimum absolute atomic E-state index is 0.0622. The Morgan fingerprint density at radius 2 is 1.69 bits per heavy atom. The number of carboxylic acids is 1. The number of carboxylic acid groups (broad SMARTS) is 1. The largest absolute Gasteiger partial charge is 0.477 e. The molecule has 2 aromatic carbocycles. The van der Waals surface area contributed by atoms with Crippen molar-refractivity contribution < 1.29 is 9.90 Å². The van der Waals surface area contributed by atoms with Crippen LogP contribution in [-0.2, 0) is 6.54 Å². The van der Waals surface area contributed by atoms with Gasteiger partial charge in [-0.15, -0.1) is 0 Å². The molecule has 0 saturated heterocycles. The topological polar surface area (TPSA) is 55.1 Å². The van der Waals surface area contributed by atoms with Gasteiger partial charge in [0, 0.05) is 25.7 Å². The highest BCUT2D eigenvalue weighted by Crippen LogP contribution is 2.30. The van der Waals surface area contributed by atoms with Gasteiger partial charge in [0.2, 0.25) is 0 Å². The summed E-state index contributed by atoms with van der Waals surface area (Å²) >= 11 is 24.5. The molecule has 3 aromatic rings. The molecule has 0 radical (unpaired) electrons. The standard InChI is InChI=1S/C18H12Cl4N2O2/c1-9-16(18(25)26)24(8-11-6-12(19)2-3-15(11)22)17(23-9)10-4-13(20)7-14(21)5-10/h2-7H,8H2,1H3,(H,25,26). The second-order valence-electron chi connectivity index (χ2n) is 5.65. The van der Waals surface area contributed by atoms with Gasteiger partial charge in [0.05, 0.1) is 12.2 Å². The summed E-state index contributed by atoms with van der Waals surface area (Å²) < 4.78 is 1.57. The lowest BCUT2D eigenvalue weighted by Gasteiger charge is -2.13. The molecule has 0 aliphatic rings. The number of rotatable bonds is 4. The summed E-state index contributed by atoms with van der Waals surface area (Å²) in [5.41, 5.74) is 1.72. The number of hydrogen-bond donors (Lipinski definition) is 1. The van der Waals surface area contributed by atoms with Crippen molar-refractivity contribution in [1.29, 1.82) is 0 Å². The maximum atomic E-state index is 11.8. The Kier molecular flexibility index (Phi) is 5.49. The van der Waals surface area contributed by atoms with Crippen LogP contribution in [0.4, 0.5) is 0 Å². The smallest absolute Gasteiger partial charge is 0.354 e. The lowest BCUT2D eigenvalue weighted by molar-refractivity contribution is 0.0685. The van der Waals surface area contributed by atoms with Crippen LogP contribution in [0.25, 0.3) is 11.4 Å². The van der Waals surface area contributed by atoms with Gasteiger partial charge < -0.3 is 9.67 Å². The number of aryl methyl sites for hydroxylation is 1. The molecule has 8 heteroatoms. The Morgan fingerprint density at radius 3 is 2.31 bits per heavy atom.